The molecule has 0 saturated carbocycles. The average Bonchev–Trinajstić information content (AvgIpc) is 3.20. The minimum Gasteiger partial charge on any atom is -0.395 e. The van der Waals surface area contributed by atoms with Gasteiger partial charge in [0.05, 0.1) is 29.9 Å². The van der Waals surface area contributed by atoms with Crippen molar-refractivity contribution in [2.75, 3.05) is 24.6 Å². The Morgan fingerprint density at radius 1 is 1.44 bits per heavy atom. The van der Waals surface area contributed by atoms with E-state index in [1.165, 1.54) is 4.90 Å². The number of benzene rings is 1. The molecule has 1 atom stereocenters. The predicted molar refractivity (Wildman–Crippen MR) is 101 cm³/mol. The van der Waals surface area contributed by atoms with E-state index in [4.69, 9.17) is 11.6 Å². The second-order valence-corrected chi connectivity index (χ2v) is 6.81. The number of carbonyl (C=O) groups is 2. The summed E-state index contributed by atoms with van der Waals surface area (Å²) in [6.45, 7) is 0.634. The van der Waals surface area contributed by atoms with Gasteiger partial charge in [0.2, 0.25) is 5.91 Å². The first-order valence-electron chi connectivity index (χ1n) is 8.67. The van der Waals surface area contributed by atoms with Gasteiger partial charge in [0.1, 0.15) is 5.82 Å². The highest BCUT2D eigenvalue weighted by Gasteiger charge is 2.33. The number of imidazole rings is 1. The van der Waals surface area contributed by atoms with E-state index in [-0.39, 0.29) is 44.1 Å². The zero-order valence-electron chi connectivity index (χ0n) is 15.0. The number of halogens is 1. The summed E-state index contributed by atoms with van der Waals surface area (Å²) in [5.74, 6) is 0.616. The molecule has 0 radical (unpaired) electrons. The fourth-order valence-electron chi connectivity index (χ4n) is 3.07. The Kier molecular flexibility index (Phi) is 5.98. The Morgan fingerprint density at radius 2 is 2.22 bits per heavy atom. The van der Waals surface area contributed by atoms with Crippen molar-refractivity contribution in [1.82, 2.24) is 19.8 Å². The van der Waals surface area contributed by atoms with E-state index in [0.717, 1.165) is 0 Å². The molecule has 9 heteroatoms. The van der Waals surface area contributed by atoms with Gasteiger partial charge in [-0.25, -0.2) is 9.78 Å². The van der Waals surface area contributed by atoms with Gasteiger partial charge in [0.15, 0.2) is 0 Å². The SMILES string of the molecule is Cn1ccnc1CN(CCO)C(=O)NC1CC(=O)N(c2ccccc2Cl)C1. The summed E-state index contributed by atoms with van der Waals surface area (Å²) in [4.78, 5) is 32.3. The molecule has 1 aliphatic rings. The predicted octanol–water partition coefficient (Wildman–Crippen LogP) is 1.38. The van der Waals surface area contributed by atoms with Crippen molar-refractivity contribution in [1.29, 1.82) is 0 Å². The van der Waals surface area contributed by atoms with E-state index in [0.29, 0.717) is 23.1 Å². The minimum absolute atomic E-state index is 0.0915. The van der Waals surface area contributed by atoms with Crippen LogP contribution in [0.5, 0.6) is 0 Å². The lowest BCUT2D eigenvalue weighted by Crippen LogP contribution is -2.46. The van der Waals surface area contributed by atoms with Gasteiger partial charge in [-0.15, -0.1) is 0 Å². The van der Waals surface area contributed by atoms with E-state index in [2.05, 4.69) is 10.3 Å². The molecule has 0 spiro atoms. The quantitative estimate of drug-likeness (QED) is 0.778. The van der Waals surface area contributed by atoms with Gasteiger partial charge in [-0.05, 0) is 12.1 Å². The van der Waals surface area contributed by atoms with Crippen LogP contribution in [0.3, 0.4) is 0 Å². The normalized spacial score (nSPS) is 16.6. The Hall–Kier alpha value is -2.58. The van der Waals surface area contributed by atoms with E-state index < -0.39 is 0 Å². The van der Waals surface area contributed by atoms with E-state index in [1.807, 2.05) is 17.7 Å². The molecule has 27 heavy (non-hydrogen) atoms. The van der Waals surface area contributed by atoms with Gasteiger partial charge >= 0.3 is 6.03 Å². The topological polar surface area (TPSA) is 90.7 Å². The van der Waals surface area contributed by atoms with Crippen molar-refractivity contribution >= 4 is 29.2 Å². The van der Waals surface area contributed by atoms with E-state index in [1.54, 1.807) is 35.5 Å². The molecule has 144 valence electrons. The van der Waals surface area contributed by atoms with Crippen LogP contribution < -0.4 is 10.2 Å². The van der Waals surface area contributed by atoms with Gasteiger partial charge in [-0.1, -0.05) is 23.7 Å². The number of anilines is 1. The number of aliphatic hydroxyl groups is 1. The Bertz CT molecular complexity index is 825. The largest absolute Gasteiger partial charge is 0.395 e. The minimum atomic E-state index is -0.342. The number of aryl methyl sites for hydroxylation is 1. The summed E-state index contributed by atoms with van der Waals surface area (Å²) >= 11 is 6.18. The second-order valence-electron chi connectivity index (χ2n) is 6.41. The first-order valence-corrected chi connectivity index (χ1v) is 9.04. The van der Waals surface area contributed by atoms with Crippen molar-refractivity contribution in [3.05, 3.63) is 47.5 Å². The van der Waals surface area contributed by atoms with Gasteiger partial charge in [0.25, 0.3) is 0 Å². The maximum Gasteiger partial charge on any atom is 0.318 e. The standard InChI is InChI=1S/C18H22ClN5O3/c1-22-7-6-20-16(22)12-23(8-9-25)18(27)21-13-10-17(26)24(11-13)15-5-3-2-4-14(15)19/h2-7,13,25H,8-12H2,1H3,(H,21,27). The number of nitrogens with zero attached hydrogens (tertiary/aromatic N) is 4. The molecular weight excluding hydrogens is 370 g/mol. The number of hydrogen-bond donors (Lipinski definition) is 2. The van der Waals surface area contributed by atoms with Crippen LogP contribution in [0.15, 0.2) is 36.7 Å². The maximum absolute atomic E-state index is 12.7. The van der Waals surface area contributed by atoms with Crippen LogP contribution in [-0.4, -0.2) is 57.2 Å². The average molecular weight is 392 g/mol. The highest BCUT2D eigenvalue weighted by atomic mass is 35.5. The van der Waals surface area contributed by atoms with E-state index >= 15 is 0 Å². The summed E-state index contributed by atoms with van der Waals surface area (Å²) in [6, 6.07) is 6.46. The number of aromatic nitrogens is 2. The van der Waals surface area contributed by atoms with Crippen LogP contribution in [0.4, 0.5) is 10.5 Å². The number of hydrogen-bond acceptors (Lipinski definition) is 4. The number of carbonyl (C=O) groups excluding carboxylic acids is 2. The second kappa shape index (κ2) is 8.41. The molecule has 2 heterocycles. The Balaban J connectivity index is 1.65. The Labute approximate surface area is 162 Å². The van der Waals surface area contributed by atoms with Crippen LogP contribution >= 0.6 is 11.6 Å². The molecule has 3 amide bonds. The lowest BCUT2D eigenvalue weighted by Gasteiger charge is -2.24. The van der Waals surface area contributed by atoms with Crippen molar-refractivity contribution in [3.63, 3.8) is 0 Å². The van der Waals surface area contributed by atoms with Crippen molar-refractivity contribution in [2.45, 2.75) is 19.0 Å². The molecule has 1 aliphatic heterocycles. The third-order valence-electron chi connectivity index (χ3n) is 4.51. The lowest BCUT2D eigenvalue weighted by molar-refractivity contribution is -0.117. The molecule has 1 fully saturated rings. The first-order chi connectivity index (χ1) is 13.0. The summed E-state index contributed by atoms with van der Waals surface area (Å²) in [7, 11) is 1.84. The fourth-order valence-corrected chi connectivity index (χ4v) is 3.30. The number of rotatable bonds is 6. The van der Waals surface area contributed by atoms with E-state index in [9.17, 15) is 14.7 Å². The van der Waals surface area contributed by atoms with Crippen molar-refractivity contribution < 1.29 is 14.7 Å². The molecule has 0 bridgehead atoms. The van der Waals surface area contributed by atoms with Crippen LogP contribution in [0.1, 0.15) is 12.2 Å². The molecule has 2 N–H and O–H groups in total. The number of aliphatic hydroxyl groups excluding tert-OH is 1. The lowest BCUT2D eigenvalue weighted by atomic mass is 10.2. The zero-order chi connectivity index (χ0) is 19.4. The molecule has 1 saturated heterocycles. The molecule has 8 nitrogen and oxygen atoms in total. The third kappa shape index (κ3) is 4.40. The van der Waals surface area contributed by atoms with Crippen LogP contribution in [0.25, 0.3) is 0 Å². The number of urea groups is 1. The Morgan fingerprint density at radius 3 is 2.89 bits per heavy atom. The summed E-state index contributed by atoms with van der Waals surface area (Å²) in [5, 5.41) is 12.7. The van der Waals surface area contributed by atoms with Crippen molar-refractivity contribution in [2.24, 2.45) is 7.05 Å². The smallest absolute Gasteiger partial charge is 0.318 e. The van der Waals surface area contributed by atoms with Crippen molar-refractivity contribution in [3.8, 4) is 0 Å². The molecule has 3 rings (SSSR count). The van der Waals surface area contributed by atoms with Gasteiger partial charge < -0.3 is 24.8 Å². The summed E-state index contributed by atoms with van der Waals surface area (Å²) in [5.41, 5.74) is 0.640. The summed E-state index contributed by atoms with van der Waals surface area (Å²) in [6.07, 6.45) is 3.65. The monoisotopic (exact) mass is 391 g/mol. The highest BCUT2D eigenvalue weighted by molar-refractivity contribution is 6.33. The number of para-hydroxylation sites is 1. The molecule has 1 unspecified atom stereocenters. The maximum atomic E-state index is 12.7. The first kappa shape index (κ1) is 19.2. The molecule has 0 aliphatic carbocycles. The van der Waals surface area contributed by atoms with Crippen LogP contribution in [0.2, 0.25) is 5.02 Å². The number of nitrogens with one attached hydrogen (secondary N) is 1. The highest BCUT2D eigenvalue weighted by Crippen LogP contribution is 2.29. The van der Waals surface area contributed by atoms with Crippen LogP contribution in [-0.2, 0) is 18.4 Å². The number of amides is 3. The molecule has 1 aromatic carbocycles. The third-order valence-corrected chi connectivity index (χ3v) is 4.83. The molecule has 1 aromatic heterocycles. The molecule has 2 aromatic rings. The van der Waals surface area contributed by atoms with Gasteiger partial charge in [-0.2, -0.15) is 0 Å². The van der Waals surface area contributed by atoms with Crippen LogP contribution in [0, 0.1) is 0 Å². The fraction of sp³-hybridized carbons (Fsp3) is 0.389. The zero-order valence-corrected chi connectivity index (χ0v) is 15.8. The molecular formula is C18H22ClN5O3. The summed E-state index contributed by atoms with van der Waals surface area (Å²) < 4.78 is 1.82. The van der Waals surface area contributed by atoms with Gasteiger partial charge in [0, 0.05) is 39.0 Å². The van der Waals surface area contributed by atoms with Gasteiger partial charge in [-0.3, -0.25) is 4.79 Å².